The molecule has 2 heterocycles. The van der Waals surface area contributed by atoms with Gasteiger partial charge in [-0.3, -0.25) is 9.59 Å². The fourth-order valence-corrected chi connectivity index (χ4v) is 2.68. The number of carboxylic acid groups (broad SMARTS) is 1. The molecule has 0 bridgehead atoms. The second kappa shape index (κ2) is 6.60. The fraction of sp³-hybridized carbons (Fsp3) is 0.438. The van der Waals surface area contributed by atoms with Gasteiger partial charge in [-0.2, -0.15) is 0 Å². The summed E-state index contributed by atoms with van der Waals surface area (Å²) < 4.78 is 0. The fourth-order valence-electron chi connectivity index (χ4n) is 2.68. The molecule has 2 rings (SSSR count). The van der Waals surface area contributed by atoms with E-state index in [9.17, 15) is 9.59 Å². The van der Waals surface area contributed by atoms with Crippen molar-refractivity contribution in [2.45, 2.75) is 45.1 Å². The number of nitrogens with zero attached hydrogens (tertiary/aromatic N) is 1. The van der Waals surface area contributed by atoms with E-state index in [1.807, 2.05) is 26.0 Å². The minimum absolute atomic E-state index is 0.0683. The summed E-state index contributed by atoms with van der Waals surface area (Å²) in [4.78, 5) is 30.6. The normalized spacial score (nSPS) is 11.5. The first-order valence-electron chi connectivity index (χ1n) is 7.43. The SMILES string of the molecule is CCC(CC)(CC(=O)O)NC(=O)Cc1c[nH]c2ncccc12. The van der Waals surface area contributed by atoms with Crippen LogP contribution in [0.3, 0.4) is 0 Å². The van der Waals surface area contributed by atoms with Crippen LogP contribution in [0.2, 0.25) is 0 Å². The summed E-state index contributed by atoms with van der Waals surface area (Å²) in [5.74, 6) is -1.07. The van der Waals surface area contributed by atoms with Gasteiger partial charge in [-0.15, -0.1) is 0 Å². The van der Waals surface area contributed by atoms with Crippen molar-refractivity contribution in [3.63, 3.8) is 0 Å². The maximum Gasteiger partial charge on any atom is 0.305 e. The molecule has 6 nitrogen and oxygen atoms in total. The Hall–Kier alpha value is -2.37. The lowest BCUT2D eigenvalue weighted by Gasteiger charge is -2.31. The average molecular weight is 303 g/mol. The molecular weight excluding hydrogens is 282 g/mol. The molecule has 0 aromatic carbocycles. The van der Waals surface area contributed by atoms with Crippen molar-refractivity contribution in [2.75, 3.05) is 0 Å². The van der Waals surface area contributed by atoms with Crippen molar-refractivity contribution in [1.29, 1.82) is 0 Å². The Bertz CT molecular complexity index is 674. The topological polar surface area (TPSA) is 95.1 Å². The Kier molecular flexibility index (Phi) is 4.80. The molecule has 2 aromatic heterocycles. The summed E-state index contributed by atoms with van der Waals surface area (Å²) >= 11 is 0. The van der Waals surface area contributed by atoms with E-state index in [2.05, 4.69) is 15.3 Å². The number of hydrogen-bond acceptors (Lipinski definition) is 3. The van der Waals surface area contributed by atoms with Crippen molar-refractivity contribution >= 4 is 22.9 Å². The molecule has 0 radical (unpaired) electrons. The summed E-state index contributed by atoms with van der Waals surface area (Å²) in [5.41, 5.74) is 0.915. The van der Waals surface area contributed by atoms with Crippen LogP contribution in [0, 0.1) is 0 Å². The standard InChI is InChI=1S/C16H21N3O3/c1-3-16(4-2,9-14(21)22)19-13(20)8-11-10-18-15-12(11)6-5-7-17-15/h5-7,10H,3-4,8-9H2,1-2H3,(H,17,18)(H,19,20)(H,21,22). The van der Waals surface area contributed by atoms with Gasteiger partial charge in [0.2, 0.25) is 5.91 Å². The first kappa shape index (κ1) is 16.0. The van der Waals surface area contributed by atoms with Crippen LogP contribution in [0.15, 0.2) is 24.5 Å². The highest BCUT2D eigenvalue weighted by atomic mass is 16.4. The van der Waals surface area contributed by atoms with Gasteiger partial charge in [-0.25, -0.2) is 4.98 Å². The van der Waals surface area contributed by atoms with Crippen molar-refractivity contribution in [3.05, 3.63) is 30.1 Å². The van der Waals surface area contributed by atoms with E-state index in [0.717, 1.165) is 16.6 Å². The second-order valence-corrected chi connectivity index (χ2v) is 5.50. The maximum absolute atomic E-state index is 12.3. The van der Waals surface area contributed by atoms with Crippen LogP contribution in [0.5, 0.6) is 0 Å². The summed E-state index contributed by atoms with van der Waals surface area (Å²) in [6.07, 6.45) is 4.75. The second-order valence-electron chi connectivity index (χ2n) is 5.50. The van der Waals surface area contributed by atoms with Crippen molar-refractivity contribution in [2.24, 2.45) is 0 Å². The lowest BCUT2D eigenvalue weighted by atomic mass is 9.88. The van der Waals surface area contributed by atoms with Gasteiger partial charge in [0.1, 0.15) is 5.65 Å². The highest BCUT2D eigenvalue weighted by Crippen LogP contribution is 2.21. The first-order chi connectivity index (χ1) is 10.5. The lowest BCUT2D eigenvalue weighted by Crippen LogP contribution is -2.49. The van der Waals surface area contributed by atoms with Crippen LogP contribution in [-0.4, -0.2) is 32.5 Å². The van der Waals surface area contributed by atoms with Gasteiger partial charge >= 0.3 is 5.97 Å². The van der Waals surface area contributed by atoms with Gasteiger partial charge < -0.3 is 15.4 Å². The smallest absolute Gasteiger partial charge is 0.305 e. The molecule has 0 aliphatic heterocycles. The van der Waals surface area contributed by atoms with E-state index in [4.69, 9.17) is 5.11 Å². The van der Waals surface area contributed by atoms with E-state index in [-0.39, 0.29) is 18.7 Å². The van der Waals surface area contributed by atoms with Crippen LogP contribution < -0.4 is 5.32 Å². The number of amides is 1. The number of carboxylic acids is 1. The monoisotopic (exact) mass is 303 g/mol. The van der Waals surface area contributed by atoms with E-state index >= 15 is 0 Å². The number of hydrogen-bond donors (Lipinski definition) is 3. The molecular formula is C16H21N3O3. The van der Waals surface area contributed by atoms with Gasteiger partial charge in [0, 0.05) is 23.3 Å². The predicted octanol–water partition coefficient (Wildman–Crippen LogP) is 2.26. The number of aliphatic carboxylic acids is 1. The number of rotatable bonds is 7. The van der Waals surface area contributed by atoms with Gasteiger partial charge in [-0.1, -0.05) is 13.8 Å². The molecule has 0 unspecified atom stereocenters. The summed E-state index contributed by atoms with van der Waals surface area (Å²) in [6.45, 7) is 3.78. The van der Waals surface area contributed by atoms with Gasteiger partial charge in [0.15, 0.2) is 0 Å². The van der Waals surface area contributed by atoms with E-state index < -0.39 is 11.5 Å². The molecule has 0 saturated carbocycles. The number of aromatic amines is 1. The number of aromatic nitrogens is 2. The predicted molar refractivity (Wildman–Crippen MR) is 83.5 cm³/mol. The zero-order valence-electron chi connectivity index (χ0n) is 12.8. The molecule has 0 saturated heterocycles. The molecule has 0 aliphatic rings. The van der Waals surface area contributed by atoms with Crippen LogP contribution in [0.25, 0.3) is 11.0 Å². The minimum atomic E-state index is -0.903. The van der Waals surface area contributed by atoms with E-state index in [0.29, 0.717) is 12.8 Å². The summed E-state index contributed by atoms with van der Waals surface area (Å²) in [7, 11) is 0. The lowest BCUT2D eigenvalue weighted by molar-refractivity contribution is -0.139. The maximum atomic E-state index is 12.3. The molecule has 0 aliphatic carbocycles. The molecule has 6 heteroatoms. The van der Waals surface area contributed by atoms with Crippen molar-refractivity contribution < 1.29 is 14.7 Å². The van der Waals surface area contributed by atoms with Crippen LogP contribution in [-0.2, 0) is 16.0 Å². The third-order valence-corrected chi connectivity index (χ3v) is 4.14. The number of nitrogens with one attached hydrogen (secondary N) is 2. The number of carbonyl (C=O) groups is 2. The zero-order valence-corrected chi connectivity index (χ0v) is 12.8. The largest absolute Gasteiger partial charge is 0.481 e. The quantitative estimate of drug-likeness (QED) is 0.731. The number of carbonyl (C=O) groups excluding carboxylic acids is 1. The zero-order chi connectivity index (χ0) is 16.2. The van der Waals surface area contributed by atoms with E-state index in [1.165, 1.54) is 0 Å². The molecule has 22 heavy (non-hydrogen) atoms. The highest BCUT2D eigenvalue weighted by Gasteiger charge is 2.31. The number of pyridine rings is 1. The third kappa shape index (κ3) is 3.44. The Labute approximate surface area is 128 Å². The Morgan fingerprint density at radius 2 is 2.09 bits per heavy atom. The highest BCUT2D eigenvalue weighted by molar-refractivity contribution is 5.87. The van der Waals surface area contributed by atoms with Gasteiger partial charge in [0.25, 0.3) is 0 Å². The third-order valence-electron chi connectivity index (χ3n) is 4.14. The average Bonchev–Trinajstić information content (AvgIpc) is 2.89. The number of H-pyrrole nitrogens is 1. The van der Waals surface area contributed by atoms with Crippen molar-refractivity contribution in [1.82, 2.24) is 15.3 Å². The Morgan fingerprint density at radius 3 is 2.73 bits per heavy atom. The van der Waals surface area contributed by atoms with Crippen molar-refractivity contribution in [3.8, 4) is 0 Å². The Morgan fingerprint density at radius 1 is 1.36 bits per heavy atom. The first-order valence-corrected chi connectivity index (χ1v) is 7.43. The summed E-state index contributed by atoms with van der Waals surface area (Å²) in [5, 5.41) is 12.9. The van der Waals surface area contributed by atoms with Crippen LogP contribution in [0.4, 0.5) is 0 Å². The van der Waals surface area contributed by atoms with Gasteiger partial charge in [0.05, 0.1) is 12.8 Å². The van der Waals surface area contributed by atoms with E-state index in [1.54, 1.807) is 12.4 Å². The Balaban J connectivity index is 2.12. The molecule has 0 fully saturated rings. The van der Waals surface area contributed by atoms with Gasteiger partial charge in [-0.05, 0) is 30.5 Å². The molecule has 3 N–H and O–H groups in total. The number of fused-ring (bicyclic) bond motifs is 1. The molecule has 118 valence electrons. The summed E-state index contributed by atoms with van der Waals surface area (Å²) in [6, 6.07) is 3.73. The molecule has 0 atom stereocenters. The molecule has 1 amide bonds. The van der Waals surface area contributed by atoms with Crippen LogP contribution >= 0.6 is 0 Å². The minimum Gasteiger partial charge on any atom is -0.481 e. The molecule has 2 aromatic rings. The van der Waals surface area contributed by atoms with Crippen LogP contribution in [0.1, 0.15) is 38.7 Å². The molecule has 0 spiro atoms.